The first-order chi connectivity index (χ1) is 6.72. The minimum absolute atomic E-state index is 0.0724. The predicted octanol–water partition coefficient (Wildman–Crippen LogP) is 1.22. The number of pyridine rings is 1. The van der Waals surface area contributed by atoms with Gasteiger partial charge in [-0.1, -0.05) is 6.07 Å². The van der Waals surface area contributed by atoms with E-state index in [9.17, 15) is 0 Å². The first-order valence-corrected chi connectivity index (χ1v) is 4.54. The second-order valence-electron chi connectivity index (χ2n) is 3.13. The Morgan fingerprint density at radius 2 is 2.29 bits per heavy atom. The van der Waals surface area contributed by atoms with Crippen LogP contribution in [-0.4, -0.2) is 24.8 Å². The highest BCUT2D eigenvalue weighted by atomic mass is 16.5. The van der Waals surface area contributed by atoms with Crippen molar-refractivity contribution in [1.29, 1.82) is 0 Å². The van der Waals surface area contributed by atoms with Crippen LogP contribution in [0.25, 0.3) is 0 Å². The fourth-order valence-corrected chi connectivity index (χ4v) is 1.09. The number of aromatic nitrogens is 1. The topological polar surface area (TPSA) is 57.4 Å². The Morgan fingerprint density at radius 1 is 1.50 bits per heavy atom. The van der Waals surface area contributed by atoms with Crippen LogP contribution in [0.1, 0.15) is 12.6 Å². The lowest BCUT2D eigenvalue weighted by Gasteiger charge is -2.11. The number of nitrogens with two attached hydrogens (primary N) is 1. The lowest BCUT2D eigenvalue weighted by atomic mass is 10.3. The van der Waals surface area contributed by atoms with Crippen molar-refractivity contribution >= 4 is 5.82 Å². The van der Waals surface area contributed by atoms with Gasteiger partial charge in [0.05, 0.1) is 25.0 Å². The van der Waals surface area contributed by atoms with Crippen LogP contribution in [0, 0.1) is 0 Å². The molecule has 4 heteroatoms. The molecule has 1 atom stereocenters. The second kappa shape index (κ2) is 5.57. The first-order valence-electron chi connectivity index (χ1n) is 4.54. The van der Waals surface area contributed by atoms with E-state index >= 15 is 0 Å². The van der Waals surface area contributed by atoms with E-state index in [1.165, 1.54) is 0 Å². The Labute approximate surface area is 84.0 Å². The minimum Gasteiger partial charge on any atom is -0.384 e. The average molecular weight is 196 g/mol. The molecular formula is C10H16N2O2. The van der Waals surface area contributed by atoms with Crippen LogP contribution in [0.15, 0.2) is 18.2 Å². The van der Waals surface area contributed by atoms with Gasteiger partial charge in [0, 0.05) is 7.11 Å². The fourth-order valence-electron chi connectivity index (χ4n) is 1.09. The summed E-state index contributed by atoms with van der Waals surface area (Å²) in [5.41, 5.74) is 6.37. The van der Waals surface area contributed by atoms with E-state index < -0.39 is 0 Å². The quantitative estimate of drug-likeness (QED) is 0.769. The van der Waals surface area contributed by atoms with E-state index in [4.69, 9.17) is 15.2 Å². The van der Waals surface area contributed by atoms with Gasteiger partial charge in [0.25, 0.3) is 0 Å². The van der Waals surface area contributed by atoms with Crippen molar-refractivity contribution in [1.82, 2.24) is 4.98 Å². The molecule has 0 bridgehead atoms. The molecule has 78 valence electrons. The average Bonchev–Trinajstić information content (AvgIpc) is 2.15. The van der Waals surface area contributed by atoms with Crippen molar-refractivity contribution in [3.05, 3.63) is 23.9 Å². The molecule has 2 N–H and O–H groups in total. The lowest BCUT2D eigenvalue weighted by molar-refractivity contribution is -0.00132. The van der Waals surface area contributed by atoms with Crippen molar-refractivity contribution in [2.45, 2.75) is 19.6 Å². The highest BCUT2D eigenvalue weighted by molar-refractivity contribution is 5.28. The first kappa shape index (κ1) is 10.9. The molecule has 0 amide bonds. The van der Waals surface area contributed by atoms with E-state index in [2.05, 4.69) is 4.98 Å². The summed E-state index contributed by atoms with van der Waals surface area (Å²) in [5.74, 6) is 0.519. The molecule has 1 aromatic rings. The number of nitrogen functional groups attached to an aromatic ring is 1. The molecule has 4 nitrogen and oxygen atoms in total. The van der Waals surface area contributed by atoms with Crippen LogP contribution in [0.2, 0.25) is 0 Å². The van der Waals surface area contributed by atoms with Crippen molar-refractivity contribution in [3.63, 3.8) is 0 Å². The summed E-state index contributed by atoms with van der Waals surface area (Å²) in [6.07, 6.45) is 0.0724. The van der Waals surface area contributed by atoms with Crippen LogP contribution in [0.3, 0.4) is 0 Å². The summed E-state index contributed by atoms with van der Waals surface area (Å²) in [7, 11) is 1.65. The third-order valence-corrected chi connectivity index (χ3v) is 1.75. The van der Waals surface area contributed by atoms with Gasteiger partial charge in [0.2, 0.25) is 0 Å². The highest BCUT2D eigenvalue weighted by Crippen LogP contribution is 2.03. The Hall–Kier alpha value is -1.13. The van der Waals surface area contributed by atoms with Gasteiger partial charge in [-0.15, -0.1) is 0 Å². The summed E-state index contributed by atoms with van der Waals surface area (Å²) in [5, 5.41) is 0. The molecule has 1 heterocycles. The summed E-state index contributed by atoms with van der Waals surface area (Å²) in [6, 6.07) is 5.50. The predicted molar refractivity (Wildman–Crippen MR) is 54.8 cm³/mol. The molecule has 0 aliphatic heterocycles. The third-order valence-electron chi connectivity index (χ3n) is 1.75. The molecule has 0 aliphatic carbocycles. The third kappa shape index (κ3) is 3.72. The van der Waals surface area contributed by atoms with Gasteiger partial charge in [-0.3, -0.25) is 0 Å². The number of ether oxygens (including phenoxy) is 2. The van der Waals surface area contributed by atoms with Crippen molar-refractivity contribution in [2.75, 3.05) is 19.5 Å². The maximum absolute atomic E-state index is 5.53. The molecule has 0 saturated heterocycles. The van der Waals surface area contributed by atoms with Gasteiger partial charge in [-0.05, 0) is 19.1 Å². The SMILES string of the molecule is COCC(C)OCc1cccc(N)n1. The van der Waals surface area contributed by atoms with Gasteiger partial charge in [-0.25, -0.2) is 4.98 Å². The van der Waals surface area contributed by atoms with E-state index in [1.807, 2.05) is 19.1 Å². The number of methoxy groups -OCH3 is 1. The molecule has 0 aliphatic rings. The summed E-state index contributed by atoms with van der Waals surface area (Å²) in [6.45, 7) is 3.01. The maximum Gasteiger partial charge on any atom is 0.123 e. The Morgan fingerprint density at radius 3 is 2.93 bits per heavy atom. The number of hydrogen-bond acceptors (Lipinski definition) is 4. The van der Waals surface area contributed by atoms with E-state index in [-0.39, 0.29) is 6.10 Å². The minimum atomic E-state index is 0.0724. The van der Waals surface area contributed by atoms with E-state index in [0.29, 0.717) is 19.0 Å². The molecule has 0 aromatic carbocycles. The number of nitrogens with zero attached hydrogens (tertiary/aromatic N) is 1. The summed E-state index contributed by atoms with van der Waals surface area (Å²) >= 11 is 0. The summed E-state index contributed by atoms with van der Waals surface area (Å²) in [4.78, 5) is 4.12. The zero-order valence-corrected chi connectivity index (χ0v) is 8.56. The number of anilines is 1. The zero-order valence-electron chi connectivity index (χ0n) is 8.56. The normalized spacial score (nSPS) is 12.7. The molecule has 0 saturated carbocycles. The smallest absolute Gasteiger partial charge is 0.123 e. The van der Waals surface area contributed by atoms with Crippen molar-refractivity contribution in [3.8, 4) is 0 Å². The highest BCUT2D eigenvalue weighted by Gasteiger charge is 2.02. The Bertz CT molecular complexity index is 279. The standard InChI is InChI=1S/C10H16N2O2/c1-8(6-13-2)14-7-9-4-3-5-10(11)12-9/h3-5,8H,6-7H2,1-2H3,(H2,11,12). The van der Waals surface area contributed by atoms with Crippen molar-refractivity contribution in [2.24, 2.45) is 0 Å². The molecule has 1 rings (SSSR count). The lowest BCUT2D eigenvalue weighted by Crippen LogP contribution is -2.15. The zero-order chi connectivity index (χ0) is 10.4. The number of hydrogen-bond donors (Lipinski definition) is 1. The Balaban J connectivity index is 2.37. The summed E-state index contributed by atoms with van der Waals surface area (Å²) < 4.78 is 10.4. The maximum atomic E-state index is 5.53. The molecular weight excluding hydrogens is 180 g/mol. The van der Waals surface area contributed by atoms with Gasteiger partial charge in [0.1, 0.15) is 5.82 Å². The van der Waals surface area contributed by atoms with Crippen LogP contribution in [0.4, 0.5) is 5.82 Å². The molecule has 0 fully saturated rings. The van der Waals surface area contributed by atoms with E-state index in [1.54, 1.807) is 13.2 Å². The van der Waals surface area contributed by atoms with E-state index in [0.717, 1.165) is 5.69 Å². The van der Waals surface area contributed by atoms with Crippen LogP contribution >= 0.6 is 0 Å². The van der Waals surface area contributed by atoms with Gasteiger partial charge >= 0.3 is 0 Å². The van der Waals surface area contributed by atoms with Crippen LogP contribution < -0.4 is 5.73 Å². The fraction of sp³-hybridized carbons (Fsp3) is 0.500. The molecule has 14 heavy (non-hydrogen) atoms. The largest absolute Gasteiger partial charge is 0.384 e. The Kier molecular flexibility index (Phi) is 4.35. The molecule has 0 radical (unpaired) electrons. The molecule has 1 aromatic heterocycles. The number of rotatable bonds is 5. The molecule has 1 unspecified atom stereocenters. The second-order valence-corrected chi connectivity index (χ2v) is 3.13. The van der Waals surface area contributed by atoms with Gasteiger partial charge < -0.3 is 15.2 Å². The molecule has 0 spiro atoms. The monoisotopic (exact) mass is 196 g/mol. The van der Waals surface area contributed by atoms with Crippen molar-refractivity contribution < 1.29 is 9.47 Å². The van der Waals surface area contributed by atoms with Crippen LogP contribution in [-0.2, 0) is 16.1 Å². The van der Waals surface area contributed by atoms with Gasteiger partial charge in [-0.2, -0.15) is 0 Å². The van der Waals surface area contributed by atoms with Crippen LogP contribution in [0.5, 0.6) is 0 Å². The van der Waals surface area contributed by atoms with Gasteiger partial charge in [0.15, 0.2) is 0 Å².